The second-order valence-electron chi connectivity index (χ2n) is 6.18. The standard InChI is InChI=1S/C19H20ClFNO3S/c20-18-14-16(21)6-7-19(18)25-17-8-11-22(12-9-17)26(23,24)13-10-15-4-2-1-3-5-15/h1-7,10,14,17H,8-9,11-13H2. The predicted molar refractivity (Wildman–Crippen MR) is 100 cm³/mol. The van der Waals surface area contributed by atoms with Gasteiger partial charge in [0, 0.05) is 19.5 Å². The number of piperidine rings is 1. The summed E-state index contributed by atoms with van der Waals surface area (Å²) in [5, 5.41) is 0.220. The highest BCUT2D eigenvalue weighted by atomic mass is 35.5. The minimum absolute atomic E-state index is 0.0215. The van der Waals surface area contributed by atoms with Gasteiger partial charge < -0.3 is 4.74 Å². The molecule has 0 unspecified atom stereocenters. The maximum Gasteiger partial charge on any atom is 0.214 e. The molecule has 1 aliphatic heterocycles. The van der Waals surface area contributed by atoms with Gasteiger partial charge in [-0.05, 0) is 36.6 Å². The summed E-state index contributed by atoms with van der Waals surface area (Å²) in [7, 11) is -3.35. The van der Waals surface area contributed by atoms with Crippen LogP contribution >= 0.6 is 11.6 Å². The lowest BCUT2D eigenvalue weighted by Crippen LogP contribution is -2.42. The lowest BCUT2D eigenvalue weighted by molar-refractivity contribution is 0.135. The largest absolute Gasteiger partial charge is 0.489 e. The van der Waals surface area contributed by atoms with Crippen molar-refractivity contribution in [2.45, 2.75) is 18.9 Å². The van der Waals surface area contributed by atoms with E-state index in [0.717, 1.165) is 5.56 Å². The maximum atomic E-state index is 13.1. The first kappa shape index (κ1) is 19.1. The zero-order valence-electron chi connectivity index (χ0n) is 14.1. The molecule has 2 aromatic rings. The second kappa shape index (κ2) is 8.37. The smallest absolute Gasteiger partial charge is 0.214 e. The van der Waals surface area contributed by atoms with Gasteiger partial charge in [-0.2, -0.15) is 0 Å². The van der Waals surface area contributed by atoms with Crippen LogP contribution in [-0.4, -0.2) is 37.7 Å². The fourth-order valence-corrected chi connectivity index (χ4v) is 4.47. The van der Waals surface area contributed by atoms with Crippen LogP contribution in [-0.2, 0) is 10.0 Å². The maximum absolute atomic E-state index is 13.1. The SMILES string of the molecule is O=S(=O)(C[CH]c1ccccc1)N1CCC(Oc2ccc(F)cc2Cl)CC1. The first-order chi connectivity index (χ1) is 12.4. The molecule has 26 heavy (non-hydrogen) atoms. The summed E-state index contributed by atoms with van der Waals surface area (Å²) in [6.45, 7) is 0.795. The van der Waals surface area contributed by atoms with Crippen LogP contribution in [0, 0.1) is 12.2 Å². The Hall–Kier alpha value is -1.63. The molecule has 0 amide bonds. The van der Waals surface area contributed by atoms with E-state index in [0.29, 0.717) is 31.7 Å². The molecular weight excluding hydrogens is 377 g/mol. The van der Waals surface area contributed by atoms with Crippen molar-refractivity contribution in [2.75, 3.05) is 18.8 Å². The highest BCUT2D eigenvalue weighted by Crippen LogP contribution is 2.28. The Morgan fingerprint density at radius 1 is 1.15 bits per heavy atom. The Kier molecular flexibility index (Phi) is 6.16. The van der Waals surface area contributed by atoms with Crippen LogP contribution in [0.2, 0.25) is 5.02 Å². The van der Waals surface area contributed by atoms with Crippen molar-refractivity contribution < 1.29 is 17.5 Å². The van der Waals surface area contributed by atoms with E-state index in [2.05, 4.69) is 0 Å². The normalized spacial score (nSPS) is 16.5. The number of rotatable bonds is 6. The van der Waals surface area contributed by atoms with E-state index in [9.17, 15) is 12.8 Å². The lowest BCUT2D eigenvalue weighted by Gasteiger charge is -2.31. The van der Waals surface area contributed by atoms with E-state index in [1.165, 1.54) is 22.5 Å². The van der Waals surface area contributed by atoms with Gasteiger partial charge in [-0.1, -0.05) is 41.9 Å². The van der Waals surface area contributed by atoms with Crippen molar-refractivity contribution in [2.24, 2.45) is 0 Å². The molecule has 1 fully saturated rings. The monoisotopic (exact) mass is 396 g/mol. The van der Waals surface area contributed by atoms with Crippen molar-refractivity contribution in [3.8, 4) is 5.75 Å². The fraction of sp³-hybridized carbons (Fsp3) is 0.316. The summed E-state index contributed by atoms with van der Waals surface area (Å²) in [6.07, 6.45) is 2.72. The first-order valence-corrected chi connectivity index (χ1v) is 10.4. The van der Waals surface area contributed by atoms with Gasteiger partial charge in [0.1, 0.15) is 17.7 Å². The second-order valence-corrected chi connectivity index (χ2v) is 8.61. The fourth-order valence-electron chi connectivity index (χ4n) is 2.87. The van der Waals surface area contributed by atoms with Crippen molar-refractivity contribution in [3.05, 3.63) is 71.4 Å². The third kappa shape index (κ3) is 4.96. The van der Waals surface area contributed by atoms with E-state index < -0.39 is 15.8 Å². The van der Waals surface area contributed by atoms with Crippen LogP contribution in [0.15, 0.2) is 48.5 Å². The van der Waals surface area contributed by atoms with Crippen molar-refractivity contribution in [3.63, 3.8) is 0 Å². The molecule has 4 nitrogen and oxygen atoms in total. The summed E-state index contributed by atoms with van der Waals surface area (Å²) in [4.78, 5) is 0. The van der Waals surface area contributed by atoms with Crippen LogP contribution in [0.3, 0.4) is 0 Å². The average Bonchev–Trinajstić information content (AvgIpc) is 2.64. The molecule has 1 saturated heterocycles. The van der Waals surface area contributed by atoms with E-state index >= 15 is 0 Å². The number of hydrogen-bond donors (Lipinski definition) is 0. The molecule has 7 heteroatoms. The summed E-state index contributed by atoms with van der Waals surface area (Å²) in [5.74, 6) is -0.0171. The molecule has 3 rings (SSSR count). The van der Waals surface area contributed by atoms with Crippen LogP contribution in [0.1, 0.15) is 18.4 Å². The third-order valence-corrected chi connectivity index (χ3v) is 6.35. The van der Waals surface area contributed by atoms with Gasteiger partial charge in [0.15, 0.2) is 0 Å². The molecule has 0 aliphatic carbocycles. The first-order valence-electron chi connectivity index (χ1n) is 8.42. The molecule has 0 atom stereocenters. The molecule has 0 N–H and O–H groups in total. The van der Waals surface area contributed by atoms with Crippen molar-refractivity contribution >= 4 is 21.6 Å². The zero-order valence-corrected chi connectivity index (χ0v) is 15.7. The number of benzene rings is 2. The van der Waals surface area contributed by atoms with Crippen LogP contribution < -0.4 is 4.74 Å². The number of sulfonamides is 1. The topological polar surface area (TPSA) is 46.6 Å². The van der Waals surface area contributed by atoms with E-state index in [1.54, 1.807) is 6.42 Å². The molecule has 0 aromatic heterocycles. The minimum atomic E-state index is -3.35. The van der Waals surface area contributed by atoms with Crippen molar-refractivity contribution in [1.29, 1.82) is 0 Å². The Bertz CT molecular complexity index is 837. The third-order valence-electron chi connectivity index (χ3n) is 4.31. The summed E-state index contributed by atoms with van der Waals surface area (Å²) < 4.78 is 45.4. The zero-order chi connectivity index (χ0) is 18.6. The van der Waals surface area contributed by atoms with Gasteiger partial charge in [-0.25, -0.2) is 17.1 Å². The average molecular weight is 397 g/mol. The Morgan fingerprint density at radius 2 is 1.85 bits per heavy atom. The van der Waals surface area contributed by atoms with Crippen molar-refractivity contribution in [1.82, 2.24) is 4.31 Å². The lowest BCUT2D eigenvalue weighted by atomic mass is 10.1. The van der Waals surface area contributed by atoms with Crippen LogP contribution in [0.5, 0.6) is 5.75 Å². The Morgan fingerprint density at radius 3 is 2.50 bits per heavy atom. The van der Waals surface area contributed by atoms with E-state index in [1.807, 2.05) is 30.3 Å². The van der Waals surface area contributed by atoms with Gasteiger partial charge in [-0.3, -0.25) is 0 Å². The Balaban J connectivity index is 1.52. The molecule has 0 bridgehead atoms. The van der Waals surface area contributed by atoms with Gasteiger partial charge >= 0.3 is 0 Å². The van der Waals surface area contributed by atoms with Crippen LogP contribution in [0.4, 0.5) is 4.39 Å². The molecular formula is C19H20ClFNO3S. The number of halogens is 2. The number of ether oxygens (including phenoxy) is 1. The van der Waals surface area contributed by atoms with Gasteiger partial charge in [-0.15, -0.1) is 0 Å². The summed E-state index contributed by atoms with van der Waals surface area (Å²) in [5.41, 5.74) is 0.889. The summed E-state index contributed by atoms with van der Waals surface area (Å²) in [6, 6.07) is 13.4. The molecule has 1 heterocycles. The van der Waals surface area contributed by atoms with Gasteiger partial charge in [0.25, 0.3) is 0 Å². The van der Waals surface area contributed by atoms with E-state index in [4.69, 9.17) is 16.3 Å². The molecule has 139 valence electrons. The van der Waals surface area contributed by atoms with Gasteiger partial charge in [0.2, 0.25) is 10.0 Å². The van der Waals surface area contributed by atoms with Gasteiger partial charge in [0.05, 0.1) is 10.8 Å². The Labute approximate surface area is 158 Å². The van der Waals surface area contributed by atoms with E-state index in [-0.39, 0.29) is 16.9 Å². The number of nitrogens with zero attached hydrogens (tertiary/aromatic N) is 1. The highest BCUT2D eigenvalue weighted by molar-refractivity contribution is 7.89. The summed E-state index contributed by atoms with van der Waals surface area (Å²) >= 11 is 5.97. The molecule has 0 spiro atoms. The minimum Gasteiger partial charge on any atom is -0.489 e. The van der Waals surface area contributed by atoms with Crippen LogP contribution in [0.25, 0.3) is 0 Å². The number of hydrogen-bond acceptors (Lipinski definition) is 3. The molecule has 0 saturated carbocycles. The highest BCUT2D eigenvalue weighted by Gasteiger charge is 2.29. The molecule has 2 aromatic carbocycles. The molecule has 1 radical (unpaired) electrons. The molecule has 1 aliphatic rings. The predicted octanol–water partition coefficient (Wildman–Crippen LogP) is 3.90. The quantitative estimate of drug-likeness (QED) is 0.743.